The molecule has 0 aromatic carbocycles. The molecule has 1 fully saturated rings. The van der Waals surface area contributed by atoms with Crippen LogP contribution in [0.1, 0.15) is 33.5 Å². The van der Waals surface area contributed by atoms with E-state index in [2.05, 4.69) is 30.4 Å². The van der Waals surface area contributed by atoms with Crippen molar-refractivity contribution in [2.24, 2.45) is 0 Å². The van der Waals surface area contributed by atoms with Crippen molar-refractivity contribution in [3.63, 3.8) is 0 Å². The van der Waals surface area contributed by atoms with Crippen molar-refractivity contribution >= 4 is 23.2 Å². The lowest BCUT2D eigenvalue weighted by molar-refractivity contribution is 0.0760. The number of nitrogens with zero attached hydrogens (tertiary/aromatic N) is 5. The van der Waals surface area contributed by atoms with E-state index >= 15 is 0 Å². The molecular formula is C21H27N7O2. The Morgan fingerprint density at radius 1 is 1.17 bits per heavy atom. The summed E-state index contributed by atoms with van der Waals surface area (Å²) in [7, 11) is 1.60. The normalized spacial score (nSPS) is 16.8. The number of rotatable bonds is 5. The molecule has 9 nitrogen and oxygen atoms in total. The number of carbonyl (C=O) groups excluding carboxylic acids is 2. The standard InChI is InChI=1S/C21H27N7O2/c1-3-27-14-25-18-10-15(11-24-19(18)21(27)30)13-26-6-8-28(9-7-26)16-4-5-17(23-12-16)20(29)22-2/h4-5,10-12,25H,3,6-9,13-14H2,1-2H3,(H,22,29). The Balaban J connectivity index is 1.34. The van der Waals surface area contributed by atoms with Crippen LogP contribution >= 0.6 is 0 Å². The van der Waals surface area contributed by atoms with E-state index in [4.69, 9.17) is 0 Å². The lowest BCUT2D eigenvalue weighted by atomic mass is 10.1. The molecule has 2 aromatic heterocycles. The van der Waals surface area contributed by atoms with E-state index < -0.39 is 0 Å². The number of pyridine rings is 2. The highest BCUT2D eigenvalue weighted by Gasteiger charge is 2.25. The SMILES string of the molecule is CCN1CNc2cc(CN3CCN(c4ccc(C(=O)NC)nc4)CC3)cnc2C1=O. The third-order valence-electron chi connectivity index (χ3n) is 5.63. The first kappa shape index (κ1) is 20.1. The maximum absolute atomic E-state index is 12.4. The van der Waals surface area contributed by atoms with Crippen molar-refractivity contribution in [2.75, 3.05) is 56.7 Å². The Hall–Kier alpha value is -3.20. The van der Waals surface area contributed by atoms with Crippen LogP contribution in [0.5, 0.6) is 0 Å². The van der Waals surface area contributed by atoms with Crippen molar-refractivity contribution in [3.8, 4) is 0 Å². The van der Waals surface area contributed by atoms with Gasteiger partial charge in [0.15, 0.2) is 5.69 Å². The van der Waals surface area contributed by atoms with Gasteiger partial charge < -0.3 is 20.4 Å². The average molecular weight is 409 g/mol. The lowest BCUT2D eigenvalue weighted by Gasteiger charge is -2.36. The monoisotopic (exact) mass is 409 g/mol. The summed E-state index contributed by atoms with van der Waals surface area (Å²) in [5.74, 6) is -0.189. The second kappa shape index (κ2) is 8.66. The molecule has 0 saturated carbocycles. The van der Waals surface area contributed by atoms with Crippen LogP contribution in [0.3, 0.4) is 0 Å². The van der Waals surface area contributed by atoms with Gasteiger partial charge in [-0.3, -0.25) is 14.5 Å². The average Bonchev–Trinajstić information content (AvgIpc) is 2.79. The molecule has 9 heteroatoms. The molecule has 4 rings (SSSR count). The van der Waals surface area contributed by atoms with Gasteiger partial charge in [0.1, 0.15) is 5.69 Å². The second-order valence-electron chi connectivity index (χ2n) is 7.48. The molecule has 0 atom stereocenters. The molecule has 0 radical (unpaired) electrons. The van der Waals surface area contributed by atoms with Crippen LogP contribution in [0.25, 0.3) is 0 Å². The minimum Gasteiger partial charge on any atom is -0.368 e. The van der Waals surface area contributed by atoms with Crippen LogP contribution < -0.4 is 15.5 Å². The fraction of sp³-hybridized carbons (Fsp3) is 0.429. The first-order valence-electron chi connectivity index (χ1n) is 10.3. The number of hydrogen-bond donors (Lipinski definition) is 2. The molecule has 0 aliphatic carbocycles. The Morgan fingerprint density at radius 3 is 2.63 bits per heavy atom. The lowest BCUT2D eigenvalue weighted by Crippen LogP contribution is -2.46. The highest BCUT2D eigenvalue weighted by Crippen LogP contribution is 2.23. The molecule has 30 heavy (non-hydrogen) atoms. The summed E-state index contributed by atoms with van der Waals surface area (Å²) in [6.45, 7) is 7.58. The van der Waals surface area contributed by atoms with E-state index in [1.54, 1.807) is 24.2 Å². The Labute approximate surface area is 176 Å². The maximum Gasteiger partial charge on any atom is 0.275 e. The van der Waals surface area contributed by atoms with Gasteiger partial charge in [0.25, 0.3) is 11.8 Å². The highest BCUT2D eigenvalue weighted by molar-refractivity contribution is 5.99. The quantitative estimate of drug-likeness (QED) is 0.761. The summed E-state index contributed by atoms with van der Waals surface area (Å²) in [6.07, 6.45) is 3.57. The van der Waals surface area contributed by atoms with Crippen LogP contribution in [0.4, 0.5) is 11.4 Å². The van der Waals surface area contributed by atoms with E-state index in [1.165, 1.54) is 0 Å². The van der Waals surface area contributed by atoms with E-state index in [9.17, 15) is 9.59 Å². The van der Waals surface area contributed by atoms with Crippen LogP contribution in [-0.2, 0) is 6.54 Å². The molecule has 0 spiro atoms. The molecule has 0 bridgehead atoms. The van der Waals surface area contributed by atoms with Crippen LogP contribution in [0.2, 0.25) is 0 Å². The second-order valence-corrected chi connectivity index (χ2v) is 7.48. The molecule has 2 aromatic rings. The molecule has 2 aliphatic rings. The van der Waals surface area contributed by atoms with Crippen molar-refractivity contribution in [1.29, 1.82) is 0 Å². The Bertz CT molecular complexity index is 923. The van der Waals surface area contributed by atoms with Gasteiger partial charge in [0, 0.05) is 52.5 Å². The zero-order valence-electron chi connectivity index (χ0n) is 17.4. The van der Waals surface area contributed by atoms with Gasteiger partial charge in [-0.2, -0.15) is 0 Å². The van der Waals surface area contributed by atoms with Crippen LogP contribution in [-0.4, -0.2) is 78.0 Å². The minimum atomic E-state index is -0.177. The number of fused-ring (bicyclic) bond motifs is 1. The van der Waals surface area contributed by atoms with Gasteiger partial charge in [-0.15, -0.1) is 0 Å². The van der Waals surface area contributed by atoms with Crippen LogP contribution in [0, 0.1) is 0 Å². The van der Waals surface area contributed by atoms with Crippen molar-refractivity contribution in [2.45, 2.75) is 13.5 Å². The molecule has 158 valence electrons. The van der Waals surface area contributed by atoms with E-state index in [-0.39, 0.29) is 11.8 Å². The predicted octanol–water partition coefficient (Wildman–Crippen LogP) is 1.00. The summed E-state index contributed by atoms with van der Waals surface area (Å²) in [6, 6.07) is 5.75. The molecule has 1 saturated heterocycles. The number of anilines is 2. The molecule has 2 N–H and O–H groups in total. The molecule has 0 unspecified atom stereocenters. The van der Waals surface area contributed by atoms with Crippen molar-refractivity contribution in [1.82, 2.24) is 25.1 Å². The molecule has 2 aliphatic heterocycles. The molecule has 4 heterocycles. The number of amides is 2. The zero-order valence-corrected chi connectivity index (χ0v) is 17.4. The van der Waals surface area contributed by atoms with E-state index in [0.29, 0.717) is 24.6 Å². The van der Waals surface area contributed by atoms with Crippen LogP contribution in [0.15, 0.2) is 30.6 Å². The van der Waals surface area contributed by atoms with Gasteiger partial charge in [0.2, 0.25) is 0 Å². The number of hydrogen-bond acceptors (Lipinski definition) is 7. The largest absolute Gasteiger partial charge is 0.368 e. The number of carbonyl (C=O) groups is 2. The Kier molecular flexibility index (Phi) is 5.80. The maximum atomic E-state index is 12.4. The summed E-state index contributed by atoms with van der Waals surface area (Å²) < 4.78 is 0. The summed E-state index contributed by atoms with van der Waals surface area (Å²) in [5, 5.41) is 5.88. The number of piperazine rings is 1. The van der Waals surface area contributed by atoms with E-state index in [1.807, 2.05) is 25.3 Å². The fourth-order valence-electron chi connectivity index (χ4n) is 3.82. The number of aromatic nitrogens is 2. The molecular weight excluding hydrogens is 382 g/mol. The van der Waals surface area contributed by atoms with Gasteiger partial charge >= 0.3 is 0 Å². The summed E-state index contributed by atoms with van der Waals surface area (Å²) in [4.78, 5) is 39.1. The molecule has 2 amide bonds. The van der Waals surface area contributed by atoms with Gasteiger partial charge in [0.05, 0.1) is 24.2 Å². The Morgan fingerprint density at radius 2 is 1.97 bits per heavy atom. The third-order valence-corrected chi connectivity index (χ3v) is 5.63. The highest BCUT2D eigenvalue weighted by atomic mass is 16.2. The van der Waals surface area contributed by atoms with Gasteiger partial charge in [-0.25, -0.2) is 9.97 Å². The first-order chi connectivity index (χ1) is 14.6. The topological polar surface area (TPSA) is 93.7 Å². The zero-order chi connectivity index (χ0) is 21.1. The first-order valence-corrected chi connectivity index (χ1v) is 10.3. The summed E-state index contributed by atoms with van der Waals surface area (Å²) >= 11 is 0. The predicted molar refractivity (Wildman–Crippen MR) is 115 cm³/mol. The van der Waals surface area contributed by atoms with E-state index in [0.717, 1.165) is 49.7 Å². The summed E-state index contributed by atoms with van der Waals surface area (Å²) in [5.41, 5.74) is 3.88. The van der Waals surface area contributed by atoms with Crippen molar-refractivity contribution < 1.29 is 9.59 Å². The fourth-order valence-corrected chi connectivity index (χ4v) is 3.82. The smallest absolute Gasteiger partial charge is 0.275 e. The number of nitrogens with one attached hydrogen (secondary N) is 2. The van der Waals surface area contributed by atoms with Crippen molar-refractivity contribution in [3.05, 3.63) is 47.5 Å². The van der Waals surface area contributed by atoms with Gasteiger partial charge in [-0.05, 0) is 30.7 Å². The van der Waals surface area contributed by atoms with Gasteiger partial charge in [-0.1, -0.05) is 0 Å². The minimum absolute atomic E-state index is 0.0116. The third kappa shape index (κ3) is 4.06.